The Morgan fingerprint density at radius 1 is 1.24 bits per heavy atom. The van der Waals surface area contributed by atoms with Gasteiger partial charge in [-0.3, -0.25) is 14.5 Å². The molecular formula is C15H28N2O4. The maximum atomic E-state index is 11.6. The molecule has 122 valence electrons. The van der Waals surface area contributed by atoms with Gasteiger partial charge in [-0.2, -0.15) is 0 Å². The fourth-order valence-electron chi connectivity index (χ4n) is 1.60. The molecule has 0 aromatic rings. The molecule has 0 aliphatic carbocycles. The van der Waals surface area contributed by atoms with E-state index in [0.717, 1.165) is 0 Å². The van der Waals surface area contributed by atoms with Crippen molar-refractivity contribution in [3.05, 3.63) is 12.2 Å². The number of hydrogen-bond donors (Lipinski definition) is 2. The zero-order valence-corrected chi connectivity index (χ0v) is 13.6. The van der Waals surface area contributed by atoms with Crippen LogP contribution in [0.1, 0.15) is 34.1 Å². The van der Waals surface area contributed by atoms with Crippen molar-refractivity contribution in [2.45, 2.75) is 39.7 Å². The Labute approximate surface area is 127 Å². The molecule has 1 amide bonds. The van der Waals surface area contributed by atoms with Gasteiger partial charge in [-0.15, -0.1) is 0 Å². The lowest BCUT2D eigenvalue weighted by molar-refractivity contribution is -0.155. The molecule has 0 aliphatic heterocycles. The van der Waals surface area contributed by atoms with Crippen LogP contribution in [0.3, 0.4) is 0 Å². The number of hydrogen-bond acceptors (Lipinski definition) is 5. The van der Waals surface area contributed by atoms with Crippen LogP contribution < -0.4 is 5.32 Å². The van der Waals surface area contributed by atoms with E-state index in [1.165, 1.54) is 0 Å². The highest BCUT2D eigenvalue weighted by atomic mass is 16.6. The van der Waals surface area contributed by atoms with E-state index in [1.807, 2.05) is 25.7 Å². The van der Waals surface area contributed by atoms with Crippen LogP contribution >= 0.6 is 0 Å². The molecule has 0 radical (unpaired) electrons. The van der Waals surface area contributed by atoms with E-state index in [9.17, 15) is 9.59 Å². The Balaban J connectivity index is 4.10. The second-order valence-corrected chi connectivity index (χ2v) is 5.94. The summed E-state index contributed by atoms with van der Waals surface area (Å²) in [6.45, 7) is 12.6. The Hall–Kier alpha value is -1.40. The molecule has 0 spiro atoms. The minimum Gasteiger partial charge on any atom is -0.460 e. The van der Waals surface area contributed by atoms with E-state index in [0.29, 0.717) is 31.8 Å². The highest BCUT2D eigenvalue weighted by Crippen LogP contribution is 2.08. The van der Waals surface area contributed by atoms with E-state index in [1.54, 1.807) is 6.92 Å². The molecular weight excluding hydrogens is 272 g/mol. The van der Waals surface area contributed by atoms with Crippen LogP contribution in [0.15, 0.2) is 12.2 Å². The summed E-state index contributed by atoms with van der Waals surface area (Å²) in [7, 11) is 0. The van der Waals surface area contributed by atoms with Crippen LogP contribution in [-0.4, -0.2) is 60.3 Å². The lowest BCUT2D eigenvalue weighted by atomic mass is 10.2. The van der Waals surface area contributed by atoms with E-state index < -0.39 is 5.60 Å². The first-order chi connectivity index (χ1) is 9.65. The topological polar surface area (TPSA) is 78.9 Å². The molecule has 0 saturated heterocycles. The molecule has 0 aliphatic rings. The zero-order chi connectivity index (χ0) is 16.5. The Morgan fingerprint density at radius 2 is 1.86 bits per heavy atom. The van der Waals surface area contributed by atoms with Crippen LogP contribution in [0.25, 0.3) is 0 Å². The number of rotatable bonds is 9. The highest BCUT2D eigenvalue weighted by Gasteiger charge is 2.17. The summed E-state index contributed by atoms with van der Waals surface area (Å²) in [6, 6.07) is 0. The van der Waals surface area contributed by atoms with Crippen LogP contribution in [-0.2, 0) is 14.3 Å². The number of ether oxygens (including phenoxy) is 1. The molecule has 0 heterocycles. The number of nitrogens with zero attached hydrogens (tertiary/aromatic N) is 1. The Bertz CT molecular complexity index is 361. The van der Waals surface area contributed by atoms with Gasteiger partial charge >= 0.3 is 5.97 Å². The van der Waals surface area contributed by atoms with Crippen LogP contribution in [0.5, 0.6) is 0 Å². The Kier molecular flexibility index (Phi) is 8.89. The van der Waals surface area contributed by atoms with Crippen LogP contribution in [0, 0.1) is 0 Å². The lowest BCUT2D eigenvalue weighted by Gasteiger charge is -2.23. The standard InChI is InChI=1S/C15H28N2O4/c1-12(2)14(20)16-7-9-17(10-11-18)8-6-13(19)21-15(3,4)5/h18H,1,6-11H2,2-5H3,(H,16,20). The van der Waals surface area contributed by atoms with Crippen molar-refractivity contribution in [1.82, 2.24) is 10.2 Å². The SMILES string of the molecule is C=C(C)C(=O)NCCN(CCO)CCC(=O)OC(C)(C)C. The normalized spacial score (nSPS) is 11.3. The second-order valence-electron chi connectivity index (χ2n) is 5.94. The minimum absolute atomic E-state index is 0.00273. The monoisotopic (exact) mass is 300 g/mol. The van der Waals surface area contributed by atoms with Gasteiger partial charge in [0.15, 0.2) is 0 Å². The van der Waals surface area contributed by atoms with E-state index in [4.69, 9.17) is 9.84 Å². The molecule has 6 heteroatoms. The van der Waals surface area contributed by atoms with E-state index in [2.05, 4.69) is 11.9 Å². The molecule has 0 unspecified atom stereocenters. The lowest BCUT2D eigenvalue weighted by Crippen LogP contribution is -2.38. The van der Waals surface area contributed by atoms with Crippen molar-refractivity contribution < 1.29 is 19.4 Å². The third-order valence-electron chi connectivity index (χ3n) is 2.57. The van der Waals surface area contributed by atoms with E-state index >= 15 is 0 Å². The summed E-state index contributed by atoms with van der Waals surface area (Å²) in [5.74, 6) is -0.456. The summed E-state index contributed by atoms with van der Waals surface area (Å²) in [5.41, 5.74) is -0.0357. The van der Waals surface area contributed by atoms with Gasteiger partial charge < -0.3 is 15.2 Å². The predicted octanol–water partition coefficient (Wildman–Crippen LogP) is 0.705. The summed E-state index contributed by atoms with van der Waals surface area (Å²) < 4.78 is 5.23. The molecule has 0 atom stereocenters. The van der Waals surface area contributed by atoms with Crippen molar-refractivity contribution in [1.29, 1.82) is 0 Å². The molecule has 2 N–H and O–H groups in total. The molecule has 21 heavy (non-hydrogen) atoms. The third kappa shape index (κ3) is 11.0. The third-order valence-corrected chi connectivity index (χ3v) is 2.57. The summed E-state index contributed by atoms with van der Waals surface area (Å²) in [6.07, 6.45) is 0.256. The van der Waals surface area contributed by atoms with Crippen molar-refractivity contribution in [3.63, 3.8) is 0 Å². The summed E-state index contributed by atoms with van der Waals surface area (Å²) in [5, 5.41) is 11.7. The van der Waals surface area contributed by atoms with Crippen molar-refractivity contribution >= 4 is 11.9 Å². The number of carbonyl (C=O) groups is 2. The second kappa shape index (κ2) is 9.52. The van der Waals surface area contributed by atoms with Gasteiger partial charge in [0, 0.05) is 31.8 Å². The average molecular weight is 300 g/mol. The average Bonchev–Trinajstić information content (AvgIpc) is 2.33. The zero-order valence-electron chi connectivity index (χ0n) is 13.6. The number of aliphatic hydroxyl groups is 1. The number of aliphatic hydroxyl groups excluding tert-OH is 1. The maximum Gasteiger partial charge on any atom is 0.307 e. The van der Waals surface area contributed by atoms with Crippen molar-refractivity contribution in [2.24, 2.45) is 0 Å². The Morgan fingerprint density at radius 3 is 2.33 bits per heavy atom. The molecule has 0 aromatic heterocycles. The molecule has 6 nitrogen and oxygen atoms in total. The first-order valence-electron chi connectivity index (χ1n) is 7.14. The highest BCUT2D eigenvalue weighted by molar-refractivity contribution is 5.92. The van der Waals surface area contributed by atoms with Crippen LogP contribution in [0.2, 0.25) is 0 Å². The minimum atomic E-state index is -0.492. The van der Waals surface area contributed by atoms with Gasteiger partial charge in [0.2, 0.25) is 5.91 Å². The maximum absolute atomic E-state index is 11.6. The molecule has 0 fully saturated rings. The first-order valence-corrected chi connectivity index (χ1v) is 7.14. The molecule has 0 rings (SSSR count). The number of amides is 1. The fraction of sp³-hybridized carbons (Fsp3) is 0.733. The number of carbonyl (C=O) groups excluding carboxylic acids is 2. The van der Waals surface area contributed by atoms with Crippen molar-refractivity contribution in [2.75, 3.05) is 32.8 Å². The summed E-state index contributed by atoms with van der Waals surface area (Å²) >= 11 is 0. The number of nitrogens with one attached hydrogen (secondary N) is 1. The van der Waals surface area contributed by atoms with Gasteiger partial charge in [0.05, 0.1) is 13.0 Å². The summed E-state index contributed by atoms with van der Waals surface area (Å²) in [4.78, 5) is 24.9. The fourth-order valence-corrected chi connectivity index (χ4v) is 1.60. The first kappa shape index (κ1) is 19.6. The molecule has 0 bridgehead atoms. The van der Waals surface area contributed by atoms with E-state index in [-0.39, 0.29) is 24.9 Å². The van der Waals surface area contributed by atoms with Gasteiger partial charge in [-0.1, -0.05) is 6.58 Å². The van der Waals surface area contributed by atoms with Gasteiger partial charge in [-0.25, -0.2) is 0 Å². The smallest absolute Gasteiger partial charge is 0.307 e. The molecule has 0 saturated carbocycles. The van der Waals surface area contributed by atoms with Crippen molar-refractivity contribution in [3.8, 4) is 0 Å². The van der Waals surface area contributed by atoms with Gasteiger partial charge in [-0.05, 0) is 27.7 Å². The largest absolute Gasteiger partial charge is 0.460 e. The number of esters is 1. The molecule has 0 aromatic carbocycles. The van der Waals surface area contributed by atoms with Crippen LogP contribution in [0.4, 0.5) is 0 Å². The van der Waals surface area contributed by atoms with Gasteiger partial charge in [0.1, 0.15) is 5.60 Å². The van der Waals surface area contributed by atoms with Gasteiger partial charge in [0.25, 0.3) is 0 Å². The predicted molar refractivity (Wildman–Crippen MR) is 81.8 cm³/mol. The quantitative estimate of drug-likeness (QED) is 0.484.